The van der Waals surface area contributed by atoms with Gasteiger partial charge in [-0.3, -0.25) is 4.68 Å². The fourth-order valence-electron chi connectivity index (χ4n) is 1.50. The molecule has 6 heteroatoms. The summed E-state index contributed by atoms with van der Waals surface area (Å²) in [5.41, 5.74) is 2.19. The molecule has 1 rings (SSSR count). The fraction of sp³-hybridized carbons (Fsp3) is 0.750. The molecular weight excluding hydrogens is 250 g/mol. The van der Waals surface area contributed by atoms with E-state index in [2.05, 4.69) is 31.2 Å². The molecule has 0 amide bonds. The van der Waals surface area contributed by atoms with E-state index in [4.69, 9.17) is 0 Å². The third-order valence-corrected chi connectivity index (χ3v) is 3.61. The van der Waals surface area contributed by atoms with Crippen molar-refractivity contribution in [2.24, 2.45) is 0 Å². The molecule has 0 saturated heterocycles. The van der Waals surface area contributed by atoms with Crippen LogP contribution in [0.15, 0.2) is 6.20 Å². The molecule has 0 aliphatic heterocycles. The van der Waals surface area contributed by atoms with Crippen LogP contribution in [0.25, 0.3) is 0 Å². The van der Waals surface area contributed by atoms with Crippen molar-refractivity contribution in [1.82, 2.24) is 15.1 Å². The van der Waals surface area contributed by atoms with Crippen LogP contribution in [0.5, 0.6) is 0 Å². The Labute approximate surface area is 109 Å². The average Bonchev–Trinajstić information content (AvgIpc) is 2.51. The second-order valence-electron chi connectivity index (χ2n) is 5.71. The number of nitrogens with zero attached hydrogens (tertiary/aromatic N) is 2. The molecule has 5 nitrogen and oxygen atoms in total. The van der Waals surface area contributed by atoms with Crippen molar-refractivity contribution in [2.75, 3.05) is 12.0 Å². The number of nitrogens with one attached hydrogen (secondary N) is 1. The number of aromatic nitrogens is 2. The van der Waals surface area contributed by atoms with E-state index in [1.165, 1.54) is 6.26 Å². The Balaban J connectivity index is 2.66. The van der Waals surface area contributed by atoms with Crippen molar-refractivity contribution in [3.8, 4) is 0 Å². The molecule has 0 spiro atoms. The highest BCUT2D eigenvalue weighted by atomic mass is 32.2. The molecule has 0 aromatic carbocycles. The largest absolute Gasteiger partial charge is 0.308 e. The monoisotopic (exact) mass is 273 g/mol. The summed E-state index contributed by atoms with van der Waals surface area (Å²) in [6.45, 7) is 9.45. The predicted molar refractivity (Wildman–Crippen MR) is 73.3 cm³/mol. The molecular formula is C12H23N3O2S. The molecule has 0 aliphatic rings. The van der Waals surface area contributed by atoms with Gasteiger partial charge in [0.1, 0.15) is 9.84 Å². The van der Waals surface area contributed by atoms with Crippen molar-refractivity contribution in [3.05, 3.63) is 17.5 Å². The summed E-state index contributed by atoms with van der Waals surface area (Å²) in [6, 6.07) is 0. The molecule has 104 valence electrons. The molecule has 1 N–H and O–H groups in total. The van der Waals surface area contributed by atoms with E-state index in [1.807, 2.05) is 6.92 Å². The van der Waals surface area contributed by atoms with E-state index in [0.717, 1.165) is 17.8 Å². The number of sulfone groups is 1. The van der Waals surface area contributed by atoms with Crippen molar-refractivity contribution >= 4 is 9.84 Å². The van der Waals surface area contributed by atoms with E-state index < -0.39 is 9.84 Å². The Hall–Kier alpha value is -0.880. The highest BCUT2D eigenvalue weighted by molar-refractivity contribution is 7.90. The minimum absolute atomic E-state index is 0.0568. The molecule has 0 saturated carbocycles. The van der Waals surface area contributed by atoms with Crippen LogP contribution >= 0.6 is 0 Å². The predicted octanol–water partition coefficient (Wildman–Crippen LogP) is 1.12. The van der Waals surface area contributed by atoms with Crippen LogP contribution in [0.2, 0.25) is 0 Å². The van der Waals surface area contributed by atoms with Crippen LogP contribution in [0.4, 0.5) is 0 Å². The maximum Gasteiger partial charge on any atom is 0.149 e. The van der Waals surface area contributed by atoms with Crippen molar-refractivity contribution in [2.45, 2.75) is 46.3 Å². The third kappa shape index (κ3) is 5.18. The zero-order valence-electron chi connectivity index (χ0n) is 11.8. The van der Waals surface area contributed by atoms with Gasteiger partial charge in [0, 0.05) is 29.6 Å². The number of rotatable bonds is 5. The minimum Gasteiger partial charge on any atom is -0.308 e. The van der Waals surface area contributed by atoms with E-state index >= 15 is 0 Å². The zero-order chi connectivity index (χ0) is 14.0. The quantitative estimate of drug-likeness (QED) is 0.873. The Morgan fingerprint density at radius 1 is 1.39 bits per heavy atom. The molecule has 1 aromatic heterocycles. The summed E-state index contributed by atoms with van der Waals surface area (Å²) < 4.78 is 24.0. The molecule has 0 fully saturated rings. The molecule has 0 unspecified atom stereocenters. The summed E-state index contributed by atoms with van der Waals surface area (Å²) in [4.78, 5) is 0. The van der Waals surface area contributed by atoms with Gasteiger partial charge in [-0.15, -0.1) is 0 Å². The summed E-state index contributed by atoms with van der Waals surface area (Å²) in [7, 11) is -2.94. The summed E-state index contributed by atoms with van der Waals surface area (Å²) in [5.74, 6) is 0.127. The van der Waals surface area contributed by atoms with Gasteiger partial charge in [-0.05, 0) is 27.7 Å². The van der Waals surface area contributed by atoms with Crippen LogP contribution in [0.3, 0.4) is 0 Å². The first kappa shape index (κ1) is 15.2. The Morgan fingerprint density at radius 2 is 2.00 bits per heavy atom. The van der Waals surface area contributed by atoms with Gasteiger partial charge in [0.25, 0.3) is 0 Å². The first-order valence-electron chi connectivity index (χ1n) is 6.02. The van der Waals surface area contributed by atoms with Crippen molar-refractivity contribution in [1.29, 1.82) is 0 Å². The molecule has 0 radical (unpaired) electrons. The maximum absolute atomic E-state index is 11.1. The highest BCUT2D eigenvalue weighted by Crippen LogP contribution is 2.09. The molecule has 18 heavy (non-hydrogen) atoms. The second kappa shape index (κ2) is 5.40. The lowest BCUT2D eigenvalue weighted by Crippen LogP contribution is -2.35. The summed E-state index contributed by atoms with van der Waals surface area (Å²) in [5, 5.41) is 7.62. The summed E-state index contributed by atoms with van der Waals surface area (Å²) in [6.07, 6.45) is 3.05. The number of hydrogen-bond acceptors (Lipinski definition) is 4. The highest BCUT2D eigenvalue weighted by Gasteiger charge is 2.12. The van der Waals surface area contributed by atoms with Gasteiger partial charge in [-0.2, -0.15) is 5.10 Å². The van der Waals surface area contributed by atoms with Crippen LogP contribution in [0, 0.1) is 6.92 Å². The first-order chi connectivity index (χ1) is 8.08. The Bertz CT molecular complexity index is 498. The fourth-order valence-corrected chi connectivity index (χ4v) is 2.00. The van der Waals surface area contributed by atoms with Crippen molar-refractivity contribution < 1.29 is 8.42 Å². The minimum atomic E-state index is -2.94. The topological polar surface area (TPSA) is 64.0 Å². The van der Waals surface area contributed by atoms with Crippen LogP contribution in [-0.4, -0.2) is 35.7 Å². The van der Waals surface area contributed by atoms with Gasteiger partial charge >= 0.3 is 0 Å². The van der Waals surface area contributed by atoms with Gasteiger partial charge in [0.2, 0.25) is 0 Å². The standard InChI is InChI=1S/C12H23N3O2S/c1-10-11(8-13-12(2,3)4)9-14-15(10)6-7-18(5,16)17/h9,13H,6-8H2,1-5H3. The maximum atomic E-state index is 11.1. The molecule has 0 aliphatic carbocycles. The van der Waals surface area contributed by atoms with Gasteiger partial charge in [0.05, 0.1) is 18.5 Å². The lowest BCUT2D eigenvalue weighted by atomic mass is 10.1. The molecule has 1 aromatic rings. The smallest absolute Gasteiger partial charge is 0.149 e. The van der Waals surface area contributed by atoms with Crippen LogP contribution in [-0.2, 0) is 22.9 Å². The van der Waals surface area contributed by atoms with E-state index in [-0.39, 0.29) is 11.3 Å². The van der Waals surface area contributed by atoms with E-state index in [0.29, 0.717) is 6.54 Å². The molecule has 0 bridgehead atoms. The van der Waals surface area contributed by atoms with Gasteiger partial charge in [-0.1, -0.05) is 0 Å². The van der Waals surface area contributed by atoms with E-state index in [1.54, 1.807) is 10.9 Å². The Morgan fingerprint density at radius 3 is 2.50 bits per heavy atom. The van der Waals surface area contributed by atoms with Crippen LogP contribution in [0.1, 0.15) is 32.0 Å². The number of hydrogen-bond donors (Lipinski definition) is 1. The van der Waals surface area contributed by atoms with Crippen LogP contribution < -0.4 is 5.32 Å². The van der Waals surface area contributed by atoms with Gasteiger partial charge < -0.3 is 5.32 Å². The lowest BCUT2D eigenvalue weighted by molar-refractivity contribution is 0.423. The Kier molecular flexibility index (Phi) is 4.55. The van der Waals surface area contributed by atoms with Gasteiger partial charge in [0.15, 0.2) is 0 Å². The van der Waals surface area contributed by atoms with Crippen molar-refractivity contribution in [3.63, 3.8) is 0 Å². The molecule has 0 atom stereocenters. The lowest BCUT2D eigenvalue weighted by Gasteiger charge is -2.20. The first-order valence-corrected chi connectivity index (χ1v) is 8.08. The second-order valence-corrected chi connectivity index (χ2v) is 7.97. The summed E-state index contributed by atoms with van der Waals surface area (Å²) >= 11 is 0. The zero-order valence-corrected chi connectivity index (χ0v) is 12.6. The average molecular weight is 273 g/mol. The number of aryl methyl sites for hydroxylation is 1. The van der Waals surface area contributed by atoms with E-state index in [9.17, 15) is 8.42 Å². The molecule has 1 heterocycles. The SMILES string of the molecule is Cc1c(CNC(C)(C)C)cnn1CCS(C)(=O)=O. The normalized spacial score (nSPS) is 12.9. The van der Waals surface area contributed by atoms with Gasteiger partial charge in [-0.25, -0.2) is 8.42 Å². The third-order valence-electron chi connectivity index (χ3n) is 2.69.